The summed E-state index contributed by atoms with van der Waals surface area (Å²) in [5, 5.41) is 12.0. The van der Waals surface area contributed by atoms with Gasteiger partial charge in [-0.3, -0.25) is 14.6 Å². The molecule has 0 aromatic carbocycles. The average Bonchev–Trinajstić information content (AvgIpc) is 2.46. The molecular formula is C13H16ClN3O3. The molecule has 2 N–H and O–H groups in total. The summed E-state index contributed by atoms with van der Waals surface area (Å²) in [4.78, 5) is 30.9. The lowest BCUT2D eigenvalue weighted by Crippen LogP contribution is -2.35. The Balaban J connectivity index is 1.89. The quantitative estimate of drug-likeness (QED) is 0.881. The number of amides is 1. The molecule has 7 heteroatoms. The molecule has 1 aliphatic rings. The first-order valence-electron chi connectivity index (χ1n) is 6.54. The van der Waals surface area contributed by atoms with Crippen LogP contribution >= 0.6 is 11.6 Å². The van der Waals surface area contributed by atoms with E-state index in [9.17, 15) is 9.59 Å². The largest absolute Gasteiger partial charge is 0.481 e. The molecule has 2 unspecified atom stereocenters. The molecule has 0 aliphatic heterocycles. The van der Waals surface area contributed by atoms with Crippen molar-refractivity contribution in [2.45, 2.75) is 32.2 Å². The van der Waals surface area contributed by atoms with Gasteiger partial charge in [-0.05, 0) is 19.3 Å². The molecule has 1 aromatic heterocycles. The standard InChI is InChI=1S/C13H16ClN3O3/c14-11-10(15-4-5-16-11)7-17-12(18)8-2-1-3-9(6-8)13(19)20/h4-5,8-9H,1-3,6-7H2,(H,17,18)(H,19,20). The molecule has 0 spiro atoms. The molecule has 0 bridgehead atoms. The van der Waals surface area contributed by atoms with Gasteiger partial charge in [-0.1, -0.05) is 18.0 Å². The molecule has 1 aliphatic carbocycles. The normalized spacial score (nSPS) is 22.2. The van der Waals surface area contributed by atoms with Crippen LogP contribution in [0.5, 0.6) is 0 Å². The summed E-state index contributed by atoms with van der Waals surface area (Å²) < 4.78 is 0. The van der Waals surface area contributed by atoms with Gasteiger partial charge in [-0.25, -0.2) is 4.98 Å². The number of carboxylic acid groups (broad SMARTS) is 1. The van der Waals surface area contributed by atoms with E-state index in [-0.39, 0.29) is 23.5 Å². The fourth-order valence-electron chi connectivity index (χ4n) is 2.44. The fourth-order valence-corrected chi connectivity index (χ4v) is 2.61. The number of aromatic nitrogens is 2. The van der Waals surface area contributed by atoms with Crippen molar-refractivity contribution in [2.75, 3.05) is 0 Å². The molecule has 2 atom stereocenters. The zero-order valence-electron chi connectivity index (χ0n) is 10.9. The van der Waals surface area contributed by atoms with E-state index in [0.717, 1.165) is 12.8 Å². The molecule has 1 heterocycles. The van der Waals surface area contributed by atoms with E-state index < -0.39 is 11.9 Å². The van der Waals surface area contributed by atoms with Crippen molar-refractivity contribution >= 4 is 23.5 Å². The fraction of sp³-hybridized carbons (Fsp3) is 0.538. The minimum atomic E-state index is -0.820. The van der Waals surface area contributed by atoms with Crippen LogP contribution in [-0.2, 0) is 16.1 Å². The lowest BCUT2D eigenvalue weighted by Gasteiger charge is -2.25. The SMILES string of the molecule is O=C(O)C1CCCC(C(=O)NCc2nccnc2Cl)C1. The van der Waals surface area contributed by atoms with Crippen LogP contribution in [0.4, 0.5) is 0 Å². The number of nitrogens with zero attached hydrogens (tertiary/aromatic N) is 2. The molecule has 1 aromatic rings. The number of hydrogen-bond acceptors (Lipinski definition) is 4. The summed E-state index contributed by atoms with van der Waals surface area (Å²) >= 11 is 5.86. The van der Waals surface area contributed by atoms with Gasteiger partial charge in [-0.15, -0.1) is 0 Å². The van der Waals surface area contributed by atoms with Gasteiger partial charge in [0.1, 0.15) is 0 Å². The van der Waals surface area contributed by atoms with E-state index in [1.165, 1.54) is 12.4 Å². The van der Waals surface area contributed by atoms with Crippen LogP contribution in [-0.4, -0.2) is 27.0 Å². The topological polar surface area (TPSA) is 92.2 Å². The van der Waals surface area contributed by atoms with E-state index in [1.807, 2.05) is 0 Å². The highest BCUT2D eigenvalue weighted by Crippen LogP contribution is 2.29. The number of carbonyl (C=O) groups is 2. The summed E-state index contributed by atoms with van der Waals surface area (Å²) in [5.74, 6) is -1.63. The Morgan fingerprint density at radius 3 is 2.70 bits per heavy atom. The van der Waals surface area contributed by atoms with Gasteiger partial charge in [0.2, 0.25) is 5.91 Å². The second-order valence-electron chi connectivity index (χ2n) is 4.91. The van der Waals surface area contributed by atoms with Gasteiger partial charge < -0.3 is 10.4 Å². The second-order valence-corrected chi connectivity index (χ2v) is 5.27. The summed E-state index contributed by atoms with van der Waals surface area (Å²) in [7, 11) is 0. The van der Waals surface area contributed by atoms with Gasteiger partial charge in [0.25, 0.3) is 0 Å². The Hall–Kier alpha value is -1.69. The third kappa shape index (κ3) is 3.66. The first kappa shape index (κ1) is 14.7. The van der Waals surface area contributed by atoms with Crippen LogP contribution < -0.4 is 5.32 Å². The zero-order valence-corrected chi connectivity index (χ0v) is 11.6. The smallest absolute Gasteiger partial charge is 0.306 e. The molecule has 20 heavy (non-hydrogen) atoms. The van der Waals surface area contributed by atoms with E-state index in [4.69, 9.17) is 16.7 Å². The molecule has 2 rings (SSSR count). The Kier molecular flexibility index (Phi) is 4.89. The highest BCUT2D eigenvalue weighted by molar-refractivity contribution is 6.29. The molecular weight excluding hydrogens is 282 g/mol. The predicted molar refractivity (Wildman–Crippen MR) is 72.0 cm³/mol. The number of carboxylic acids is 1. The van der Waals surface area contributed by atoms with Crippen LogP contribution in [0, 0.1) is 11.8 Å². The Morgan fingerprint density at radius 2 is 2.00 bits per heavy atom. The van der Waals surface area contributed by atoms with Gasteiger partial charge in [-0.2, -0.15) is 0 Å². The average molecular weight is 298 g/mol. The van der Waals surface area contributed by atoms with Crippen molar-refractivity contribution in [1.82, 2.24) is 15.3 Å². The van der Waals surface area contributed by atoms with Crippen LogP contribution in [0.25, 0.3) is 0 Å². The second kappa shape index (κ2) is 6.65. The lowest BCUT2D eigenvalue weighted by atomic mass is 9.81. The van der Waals surface area contributed by atoms with Gasteiger partial charge in [0, 0.05) is 18.3 Å². The van der Waals surface area contributed by atoms with Gasteiger partial charge >= 0.3 is 5.97 Å². The van der Waals surface area contributed by atoms with Gasteiger partial charge in [0.15, 0.2) is 5.15 Å². The van der Waals surface area contributed by atoms with Crippen LogP contribution in [0.2, 0.25) is 5.15 Å². The Labute approximate surface area is 121 Å². The molecule has 1 fully saturated rings. The third-order valence-corrected chi connectivity index (χ3v) is 3.86. The van der Waals surface area contributed by atoms with Crippen molar-refractivity contribution in [3.8, 4) is 0 Å². The van der Waals surface area contributed by atoms with Crippen molar-refractivity contribution < 1.29 is 14.7 Å². The third-order valence-electron chi connectivity index (χ3n) is 3.55. The highest BCUT2D eigenvalue weighted by atomic mass is 35.5. The van der Waals surface area contributed by atoms with E-state index in [0.29, 0.717) is 18.5 Å². The van der Waals surface area contributed by atoms with Crippen molar-refractivity contribution in [2.24, 2.45) is 11.8 Å². The number of nitrogens with one attached hydrogen (secondary N) is 1. The number of carbonyl (C=O) groups excluding carboxylic acids is 1. The van der Waals surface area contributed by atoms with E-state index >= 15 is 0 Å². The van der Waals surface area contributed by atoms with Crippen molar-refractivity contribution in [3.63, 3.8) is 0 Å². The first-order valence-corrected chi connectivity index (χ1v) is 6.91. The van der Waals surface area contributed by atoms with Crippen LogP contribution in [0.3, 0.4) is 0 Å². The number of aliphatic carboxylic acids is 1. The first-order chi connectivity index (χ1) is 9.58. The zero-order chi connectivity index (χ0) is 14.5. The monoisotopic (exact) mass is 297 g/mol. The molecule has 6 nitrogen and oxygen atoms in total. The Bertz CT molecular complexity index is 509. The minimum Gasteiger partial charge on any atom is -0.481 e. The number of hydrogen-bond donors (Lipinski definition) is 2. The van der Waals surface area contributed by atoms with E-state index in [1.54, 1.807) is 0 Å². The maximum absolute atomic E-state index is 12.1. The summed E-state index contributed by atoms with van der Waals surface area (Å²) in [6.45, 7) is 0.208. The summed E-state index contributed by atoms with van der Waals surface area (Å²) in [6, 6.07) is 0. The van der Waals surface area contributed by atoms with Gasteiger partial charge in [0.05, 0.1) is 18.2 Å². The van der Waals surface area contributed by atoms with Crippen molar-refractivity contribution in [1.29, 1.82) is 0 Å². The number of halogens is 1. The number of rotatable bonds is 4. The van der Waals surface area contributed by atoms with Crippen molar-refractivity contribution in [3.05, 3.63) is 23.2 Å². The highest BCUT2D eigenvalue weighted by Gasteiger charge is 2.30. The summed E-state index contributed by atoms with van der Waals surface area (Å²) in [5.41, 5.74) is 0.508. The van der Waals surface area contributed by atoms with E-state index in [2.05, 4.69) is 15.3 Å². The molecule has 1 saturated carbocycles. The maximum atomic E-state index is 12.1. The maximum Gasteiger partial charge on any atom is 0.306 e. The Morgan fingerprint density at radius 1 is 1.30 bits per heavy atom. The molecule has 108 valence electrons. The minimum absolute atomic E-state index is 0.141. The summed E-state index contributed by atoms with van der Waals surface area (Å²) in [6.07, 6.45) is 5.52. The van der Waals surface area contributed by atoms with Crippen LogP contribution in [0.15, 0.2) is 12.4 Å². The molecule has 0 radical (unpaired) electrons. The molecule has 0 saturated heterocycles. The lowest BCUT2D eigenvalue weighted by molar-refractivity contribution is -0.144. The predicted octanol–water partition coefficient (Wildman–Crippen LogP) is 1.64. The molecule has 1 amide bonds. The van der Waals surface area contributed by atoms with Crippen LogP contribution in [0.1, 0.15) is 31.4 Å².